The number of benzene rings is 1. The van der Waals surface area contributed by atoms with E-state index in [1.165, 1.54) is 0 Å². The van der Waals surface area contributed by atoms with Crippen molar-refractivity contribution in [2.75, 3.05) is 16.8 Å². The van der Waals surface area contributed by atoms with Crippen LogP contribution in [0.2, 0.25) is 0 Å². The number of anilines is 1. The lowest BCUT2D eigenvalue weighted by atomic mass is 10.2. The number of alkyl halides is 1. The van der Waals surface area contributed by atoms with Crippen LogP contribution in [-0.2, 0) is 4.79 Å². The number of hydrogen-bond acceptors (Lipinski definition) is 1. The van der Waals surface area contributed by atoms with E-state index >= 15 is 0 Å². The number of nitrogens with zero attached hydrogens (tertiary/aromatic N) is 1. The Kier molecular flexibility index (Phi) is 4.66. The van der Waals surface area contributed by atoms with Crippen LogP contribution < -0.4 is 4.90 Å². The second-order valence-electron chi connectivity index (χ2n) is 2.91. The van der Waals surface area contributed by atoms with Crippen LogP contribution in [0.5, 0.6) is 0 Å². The Bertz CT molecular complexity index is 287. The number of amides is 1. The van der Waals surface area contributed by atoms with Crippen LogP contribution in [0.15, 0.2) is 30.3 Å². The number of halogens is 1. The molecule has 14 heavy (non-hydrogen) atoms. The van der Waals surface area contributed by atoms with Gasteiger partial charge in [0.2, 0.25) is 5.91 Å². The van der Waals surface area contributed by atoms with Crippen LogP contribution >= 0.6 is 15.9 Å². The highest BCUT2D eigenvalue weighted by Gasteiger charge is 2.11. The molecule has 2 nitrogen and oxygen atoms in total. The van der Waals surface area contributed by atoms with Gasteiger partial charge in [-0.05, 0) is 19.1 Å². The first-order valence-corrected chi connectivity index (χ1v) is 5.83. The normalized spacial score (nSPS) is 9.86. The summed E-state index contributed by atoms with van der Waals surface area (Å²) in [5.74, 6) is 0.163. The topological polar surface area (TPSA) is 20.3 Å². The first-order chi connectivity index (χ1) is 6.79. The Morgan fingerprint density at radius 2 is 2.00 bits per heavy atom. The molecule has 1 aromatic carbocycles. The Hall–Kier alpha value is -0.830. The third-order valence-corrected chi connectivity index (χ3v) is 2.39. The van der Waals surface area contributed by atoms with Crippen molar-refractivity contribution in [1.82, 2.24) is 0 Å². The lowest BCUT2D eigenvalue weighted by molar-refractivity contribution is -0.118. The van der Waals surface area contributed by atoms with E-state index < -0.39 is 0 Å². The van der Waals surface area contributed by atoms with Crippen molar-refractivity contribution in [3.8, 4) is 0 Å². The third kappa shape index (κ3) is 2.84. The molecule has 0 aromatic heterocycles. The molecule has 0 fully saturated rings. The summed E-state index contributed by atoms with van der Waals surface area (Å²) >= 11 is 3.27. The molecule has 3 heteroatoms. The first kappa shape index (κ1) is 11.2. The predicted molar refractivity (Wildman–Crippen MR) is 62.9 cm³/mol. The average molecular weight is 256 g/mol. The molecule has 0 heterocycles. The van der Waals surface area contributed by atoms with Gasteiger partial charge in [-0.15, -0.1) is 0 Å². The summed E-state index contributed by atoms with van der Waals surface area (Å²) < 4.78 is 0. The predicted octanol–water partition coefficient (Wildman–Crippen LogP) is 2.82. The van der Waals surface area contributed by atoms with Crippen molar-refractivity contribution in [2.45, 2.75) is 13.3 Å². The molecule has 0 unspecified atom stereocenters. The van der Waals surface area contributed by atoms with Gasteiger partial charge in [0.25, 0.3) is 0 Å². The lowest BCUT2D eigenvalue weighted by Gasteiger charge is -2.20. The summed E-state index contributed by atoms with van der Waals surface area (Å²) in [7, 11) is 0. The molecule has 0 saturated heterocycles. The zero-order valence-corrected chi connectivity index (χ0v) is 9.83. The van der Waals surface area contributed by atoms with Gasteiger partial charge in [0, 0.05) is 24.0 Å². The number of hydrogen-bond donors (Lipinski definition) is 0. The lowest BCUT2D eigenvalue weighted by Crippen LogP contribution is -2.30. The second kappa shape index (κ2) is 5.81. The molecule has 0 aliphatic rings. The van der Waals surface area contributed by atoms with Crippen molar-refractivity contribution in [3.05, 3.63) is 30.3 Å². The van der Waals surface area contributed by atoms with Crippen LogP contribution in [0.1, 0.15) is 13.3 Å². The van der Waals surface area contributed by atoms with Crippen LogP contribution in [-0.4, -0.2) is 17.8 Å². The number of para-hydroxylation sites is 1. The Labute approximate surface area is 93.0 Å². The van der Waals surface area contributed by atoms with E-state index in [4.69, 9.17) is 0 Å². The highest BCUT2D eigenvalue weighted by molar-refractivity contribution is 9.09. The quantitative estimate of drug-likeness (QED) is 0.758. The van der Waals surface area contributed by atoms with Crippen molar-refractivity contribution in [3.63, 3.8) is 0 Å². The monoisotopic (exact) mass is 255 g/mol. The third-order valence-electron chi connectivity index (χ3n) is 1.99. The largest absolute Gasteiger partial charge is 0.313 e. The van der Waals surface area contributed by atoms with E-state index in [9.17, 15) is 4.79 Å². The number of carbonyl (C=O) groups is 1. The zero-order chi connectivity index (χ0) is 10.4. The molecule has 0 aliphatic carbocycles. The summed E-state index contributed by atoms with van der Waals surface area (Å²) in [6.07, 6.45) is 0.544. The van der Waals surface area contributed by atoms with Gasteiger partial charge in [-0.1, -0.05) is 34.1 Å². The molecule has 0 spiro atoms. The van der Waals surface area contributed by atoms with Gasteiger partial charge in [0.15, 0.2) is 0 Å². The molecule has 1 amide bonds. The molecule has 0 N–H and O–H groups in total. The SMILES string of the molecule is CCN(C(=O)CCBr)c1ccccc1. The van der Waals surface area contributed by atoms with E-state index in [-0.39, 0.29) is 5.91 Å². The van der Waals surface area contributed by atoms with Crippen molar-refractivity contribution < 1.29 is 4.79 Å². The average Bonchev–Trinajstić information content (AvgIpc) is 2.21. The molecular weight excluding hydrogens is 242 g/mol. The summed E-state index contributed by atoms with van der Waals surface area (Å²) in [4.78, 5) is 13.5. The highest BCUT2D eigenvalue weighted by atomic mass is 79.9. The van der Waals surface area contributed by atoms with Gasteiger partial charge >= 0.3 is 0 Å². The summed E-state index contributed by atoms with van der Waals surface area (Å²) in [5, 5.41) is 0.717. The van der Waals surface area contributed by atoms with E-state index in [1.807, 2.05) is 37.3 Å². The molecule has 0 saturated carbocycles. The van der Waals surface area contributed by atoms with E-state index in [0.29, 0.717) is 6.42 Å². The van der Waals surface area contributed by atoms with Gasteiger partial charge in [-0.3, -0.25) is 4.79 Å². The van der Waals surface area contributed by atoms with Crippen LogP contribution in [0.25, 0.3) is 0 Å². The number of rotatable bonds is 4. The van der Waals surface area contributed by atoms with Crippen molar-refractivity contribution >= 4 is 27.5 Å². The minimum absolute atomic E-state index is 0.163. The van der Waals surface area contributed by atoms with E-state index in [0.717, 1.165) is 17.6 Å². The minimum atomic E-state index is 0.163. The summed E-state index contributed by atoms with van der Waals surface area (Å²) in [5.41, 5.74) is 0.973. The fraction of sp³-hybridized carbons (Fsp3) is 0.364. The smallest absolute Gasteiger partial charge is 0.227 e. The summed E-state index contributed by atoms with van der Waals surface area (Å²) in [6, 6.07) is 9.75. The molecular formula is C11H14BrNO. The maximum absolute atomic E-state index is 11.7. The van der Waals surface area contributed by atoms with Gasteiger partial charge in [-0.2, -0.15) is 0 Å². The van der Waals surface area contributed by atoms with Gasteiger partial charge in [-0.25, -0.2) is 0 Å². The standard InChI is InChI=1S/C11H14BrNO/c1-2-13(11(14)8-9-12)10-6-4-3-5-7-10/h3-7H,2,8-9H2,1H3. The Morgan fingerprint density at radius 3 is 2.50 bits per heavy atom. The molecule has 0 bridgehead atoms. The van der Waals surface area contributed by atoms with Gasteiger partial charge in [0.1, 0.15) is 0 Å². The fourth-order valence-corrected chi connectivity index (χ4v) is 1.67. The summed E-state index contributed by atoms with van der Waals surface area (Å²) in [6.45, 7) is 2.70. The van der Waals surface area contributed by atoms with Crippen LogP contribution in [0.3, 0.4) is 0 Å². The van der Waals surface area contributed by atoms with Crippen molar-refractivity contribution in [2.24, 2.45) is 0 Å². The van der Waals surface area contributed by atoms with E-state index in [2.05, 4.69) is 15.9 Å². The maximum Gasteiger partial charge on any atom is 0.227 e. The fourth-order valence-electron chi connectivity index (χ4n) is 1.33. The molecule has 0 radical (unpaired) electrons. The molecule has 1 aromatic rings. The van der Waals surface area contributed by atoms with Gasteiger partial charge < -0.3 is 4.90 Å². The molecule has 0 atom stereocenters. The van der Waals surface area contributed by atoms with Crippen LogP contribution in [0.4, 0.5) is 5.69 Å². The Morgan fingerprint density at radius 1 is 1.36 bits per heavy atom. The highest BCUT2D eigenvalue weighted by Crippen LogP contribution is 2.14. The first-order valence-electron chi connectivity index (χ1n) is 4.71. The number of carbonyl (C=O) groups excluding carboxylic acids is 1. The minimum Gasteiger partial charge on any atom is -0.313 e. The van der Waals surface area contributed by atoms with Crippen LogP contribution in [0, 0.1) is 0 Å². The molecule has 76 valence electrons. The van der Waals surface area contributed by atoms with Gasteiger partial charge in [0.05, 0.1) is 0 Å². The Balaban J connectivity index is 2.77. The molecule has 0 aliphatic heterocycles. The maximum atomic E-state index is 11.7. The van der Waals surface area contributed by atoms with E-state index in [1.54, 1.807) is 4.90 Å². The zero-order valence-electron chi connectivity index (χ0n) is 8.24. The second-order valence-corrected chi connectivity index (χ2v) is 3.71. The van der Waals surface area contributed by atoms with Crippen molar-refractivity contribution in [1.29, 1.82) is 0 Å². The molecule has 1 rings (SSSR count).